The van der Waals surface area contributed by atoms with E-state index in [0.29, 0.717) is 18.3 Å². The molecule has 224 valence electrons. The van der Waals surface area contributed by atoms with Crippen LogP contribution in [0.2, 0.25) is 0 Å². The molecule has 1 saturated carbocycles. The third-order valence-corrected chi connectivity index (χ3v) is 8.55. The van der Waals surface area contributed by atoms with Crippen LogP contribution in [-0.2, 0) is 9.53 Å². The number of likely N-dealkylation sites (tertiary alicyclic amines) is 1. The van der Waals surface area contributed by atoms with Crippen molar-refractivity contribution in [3.8, 4) is 0 Å². The number of carbonyl (C=O) groups is 2. The number of likely N-dealkylation sites (N-methyl/N-ethyl adjacent to an activating group) is 1. The maximum absolute atomic E-state index is 13.6. The fourth-order valence-electron chi connectivity index (χ4n) is 6.46. The molecule has 1 heterocycles. The minimum Gasteiger partial charge on any atom is -0.444 e. The number of halogens is 2. The van der Waals surface area contributed by atoms with Gasteiger partial charge in [-0.1, -0.05) is 37.6 Å². The first-order valence-corrected chi connectivity index (χ1v) is 14.9. The molecule has 1 aliphatic heterocycles. The molecule has 1 N–H and O–H groups in total. The predicted molar refractivity (Wildman–Crippen MR) is 157 cm³/mol. The van der Waals surface area contributed by atoms with E-state index >= 15 is 0 Å². The highest BCUT2D eigenvalue weighted by molar-refractivity contribution is 5.85. The molecule has 8 heteroatoms. The summed E-state index contributed by atoms with van der Waals surface area (Å²) in [5.41, 5.74) is 1.40. The molecule has 1 saturated heterocycles. The first kappa shape index (κ1) is 30.9. The number of nitrogens with zero attached hydrogens (tertiary/aromatic N) is 2. The Labute approximate surface area is 243 Å². The molecule has 0 unspecified atom stereocenters. The van der Waals surface area contributed by atoms with Crippen LogP contribution in [0.5, 0.6) is 0 Å². The van der Waals surface area contributed by atoms with E-state index in [2.05, 4.69) is 10.2 Å². The second kappa shape index (κ2) is 13.3. The molecule has 2 aromatic rings. The smallest absolute Gasteiger partial charge is 0.410 e. The van der Waals surface area contributed by atoms with Crippen molar-refractivity contribution in [2.45, 2.75) is 83.4 Å². The summed E-state index contributed by atoms with van der Waals surface area (Å²) in [7, 11) is 1.64. The average Bonchev–Trinajstić information content (AvgIpc) is 3.49. The Morgan fingerprint density at radius 2 is 1.56 bits per heavy atom. The second-order valence-corrected chi connectivity index (χ2v) is 12.7. The summed E-state index contributed by atoms with van der Waals surface area (Å²) in [5.74, 6) is 0.255. The Bertz CT molecular complexity index is 1120. The van der Waals surface area contributed by atoms with Crippen LogP contribution in [-0.4, -0.2) is 66.2 Å². The zero-order chi connectivity index (χ0) is 29.7. The summed E-state index contributed by atoms with van der Waals surface area (Å²) in [4.78, 5) is 30.0. The fraction of sp³-hybridized carbons (Fsp3) is 0.576. The van der Waals surface area contributed by atoms with Gasteiger partial charge in [0, 0.05) is 32.1 Å². The number of rotatable bonds is 10. The minimum atomic E-state index is -0.628. The quantitative estimate of drug-likeness (QED) is 0.362. The maximum Gasteiger partial charge on any atom is 0.410 e. The lowest BCUT2D eigenvalue weighted by atomic mass is 9.88. The highest BCUT2D eigenvalue weighted by Crippen LogP contribution is 2.39. The van der Waals surface area contributed by atoms with Crippen LogP contribution >= 0.6 is 0 Å². The molecule has 2 aromatic carbocycles. The number of hydrogen-bond donors (Lipinski definition) is 1. The van der Waals surface area contributed by atoms with Crippen LogP contribution < -0.4 is 5.32 Å². The summed E-state index contributed by atoms with van der Waals surface area (Å²) in [6.07, 6.45) is 3.69. The Kier molecular flexibility index (Phi) is 10.1. The molecule has 4 rings (SSSR count). The molecule has 1 aliphatic carbocycles. The number of benzene rings is 2. The zero-order valence-electron chi connectivity index (χ0n) is 25.0. The maximum atomic E-state index is 13.6. The summed E-state index contributed by atoms with van der Waals surface area (Å²) in [5, 5.41) is 3.30. The van der Waals surface area contributed by atoms with Gasteiger partial charge < -0.3 is 15.0 Å². The Hall–Kier alpha value is -3.00. The van der Waals surface area contributed by atoms with E-state index in [4.69, 9.17) is 4.74 Å². The molecular formula is C33H45F2N3O3. The molecule has 2 aliphatic rings. The van der Waals surface area contributed by atoms with E-state index in [9.17, 15) is 18.4 Å². The first-order valence-electron chi connectivity index (χ1n) is 14.9. The Morgan fingerprint density at radius 1 is 0.976 bits per heavy atom. The molecule has 0 bridgehead atoms. The van der Waals surface area contributed by atoms with Crippen molar-refractivity contribution in [3.05, 3.63) is 71.3 Å². The topological polar surface area (TPSA) is 61.9 Å². The van der Waals surface area contributed by atoms with E-state index in [1.54, 1.807) is 7.05 Å². The van der Waals surface area contributed by atoms with E-state index in [-0.39, 0.29) is 29.5 Å². The minimum absolute atomic E-state index is 0.0327. The number of carbonyl (C=O) groups excluding carboxylic acids is 2. The third kappa shape index (κ3) is 8.06. The van der Waals surface area contributed by atoms with Gasteiger partial charge in [-0.25, -0.2) is 13.6 Å². The van der Waals surface area contributed by atoms with Gasteiger partial charge in [-0.15, -0.1) is 0 Å². The largest absolute Gasteiger partial charge is 0.444 e. The summed E-state index contributed by atoms with van der Waals surface area (Å²) in [6.45, 7) is 10.2. The van der Waals surface area contributed by atoms with Gasteiger partial charge >= 0.3 is 6.09 Å². The van der Waals surface area contributed by atoms with Crippen molar-refractivity contribution >= 4 is 12.0 Å². The van der Waals surface area contributed by atoms with Crippen molar-refractivity contribution in [1.29, 1.82) is 0 Å². The van der Waals surface area contributed by atoms with Crippen molar-refractivity contribution in [3.63, 3.8) is 0 Å². The molecule has 0 radical (unpaired) electrons. The molecule has 6 nitrogen and oxygen atoms in total. The number of hydrogen-bond acceptors (Lipinski definition) is 4. The van der Waals surface area contributed by atoms with Crippen LogP contribution in [0.1, 0.15) is 76.8 Å². The van der Waals surface area contributed by atoms with Crippen LogP contribution in [0.3, 0.4) is 0 Å². The molecule has 41 heavy (non-hydrogen) atoms. The molecule has 2 fully saturated rings. The van der Waals surface area contributed by atoms with Gasteiger partial charge in [-0.2, -0.15) is 0 Å². The lowest BCUT2D eigenvalue weighted by Crippen LogP contribution is -2.52. The number of nitrogens with one attached hydrogen (secondary N) is 1. The molecule has 0 spiro atoms. The van der Waals surface area contributed by atoms with Crippen LogP contribution in [0.4, 0.5) is 13.6 Å². The van der Waals surface area contributed by atoms with Gasteiger partial charge in [0.15, 0.2) is 0 Å². The van der Waals surface area contributed by atoms with E-state index in [0.717, 1.165) is 56.4 Å². The summed E-state index contributed by atoms with van der Waals surface area (Å²) >= 11 is 0. The zero-order valence-corrected chi connectivity index (χ0v) is 25.0. The van der Waals surface area contributed by atoms with E-state index in [1.807, 2.05) is 52.0 Å². The lowest BCUT2D eigenvalue weighted by molar-refractivity contribution is -0.127. The summed E-state index contributed by atoms with van der Waals surface area (Å²) < 4.78 is 32.8. The Morgan fingerprint density at radius 3 is 2.10 bits per heavy atom. The number of fused-ring (bicyclic) bond motifs is 1. The predicted octanol–water partition coefficient (Wildman–Crippen LogP) is 6.35. The molecular weight excluding hydrogens is 524 g/mol. The average molecular weight is 570 g/mol. The normalized spacial score (nSPS) is 21.5. The Balaban J connectivity index is 1.37. The van der Waals surface area contributed by atoms with Crippen molar-refractivity contribution in [1.82, 2.24) is 15.1 Å². The molecule has 2 amide bonds. The van der Waals surface area contributed by atoms with E-state index in [1.165, 1.54) is 29.2 Å². The first-order chi connectivity index (χ1) is 19.4. The van der Waals surface area contributed by atoms with Gasteiger partial charge in [-0.3, -0.25) is 9.69 Å². The monoisotopic (exact) mass is 569 g/mol. The number of ether oxygens (including phenoxy) is 1. The SMILES string of the molecule is CCC[C@@H](C(=O)N[C@H]1CC[C@@H]2CN(CCC(c3ccc(F)cc3)c3ccc(F)cc3)C[C@@H]21)N(C)C(=O)OC(C)(C)C. The fourth-order valence-corrected chi connectivity index (χ4v) is 6.46. The van der Waals surface area contributed by atoms with Crippen molar-refractivity contribution in [2.75, 3.05) is 26.7 Å². The lowest BCUT2D eigenvalue weighted by Gasteiger charge is -2.31. The van der Waals surface area contributed by atoms with Crippen LogP contribution in [0.25, 0.3) is 0 Å². The van der Waals surface area contributed by atoms with Crippen molar-refractivity contribution < 1.29 is 23.1 Å². The van der Waals surface area contributed by atoms with Gasteiger partial charge in [0.1, 0.15) is 23.3 Å². The third-order valence-electron chi connectivity index (χ3n) is 8.55. The van der Waals surface area contributed by atoms with Crippen molar-refractivity contribution in [2.24, 2.45) is 11.8 Å². The highest BCUT2D eigenvalue weighted by atomic mass is 19.1. The van der Waals surface area contributed by atoms with Crippen LogP contribution in [0, 0.1) is 23.5 Å². The second-order valence-electron chi connectivity index (χ2n) is 12.7. The van der Waals surface area contributed by atoms with E-state index < -0.39 is 17.7 Å². The number of amides is 2. The standard InChI is InChI=1S/C33H45F2N3O3/c1-6-7-30(37(5)32(40)41-33(2,3)4)31(39)36-29-17-12-24-20-38(21-28(24)29)19-18-27(22-8-13-25(34)14-9-22)23-10-15-26(35)16-11-23/h8-11,13-16,24,27-30H,6-7,12,17-21H2,1-5H3,(H,36,39)/t24-,28+,29+,30+/m1/s1. The van der Waals surface area contributed by atoms with Gasteiger partial charge in [0.05, 0.1) is 0 Å². The molecule has 0 aromatic heterocycles. The highest BCUT2D eigenvalue weighted by Gasteiger charge is 2.44. The molecule has 4 atom stereocenters. The van der Waals surface area contributed by atoms with Gasteiger partial charge in [0.2, 0.25) is 5.91 Å². The van der Waals surface area contributed by atoms with Crippen LogP contribution in [0.15, 0.2) is 48.5 Å². The van der Waals surface area contributed by atoms with Gasteiger partial charge in [0.25, 0.3) is 0 Å². The van der Waals surface area contributed by atoms with Gasteiger partial charge in [-0.05, 0) is 100 Å². The summed E-state index contributed by atoms with van der Waals surface area (Å²) in [6, 6.07) is 12.7.